The molecule has 110 valence electrons. The molecule has 1 aromatic rings. The Morgan fingerprint density at radius 3 is 2.58 bits per heavy atom. The molecule has 2 nitrogen and oxygen atoms in total. The van der Waals surface area contributed by atoms with Crippen LogP contribution in [0.1, 0.15) is 24.8 Å². The summed E-state index contributed by atoms with van der Waals surface area (Å²) in [7, 11) is 2.23. The van der Waals surface area contributed by atoms with Gasteiger partial charge in [0, 0.05) is 6.54 Å². The Morgan fingerprint density at radius 2 is 1.95 bits per heavy atom. The number of nitrogens with zero attached hydrogens (tertiary/aromatic N) is 1. The van der Waals surface area contributed by atoms with Crippen LogP contribution in [-0.2, 0) is 6.54 Å². The summed E-state index contributed by atoms with van der Waals surface area (Å²) in [5, 5.41) is 3.49. The highest BCUT2D eigenvalue weighted by molar-refractivity contribution is 5.85. The molecule has 1 aliphatic heterocycles. The Hall–Kier alpha value is -0.280. The number of nitrogens with one attached hydrogen (secondary N) is 1. The lowest BCUT2D eigenvalue weighted by atomic mass is 9.96. The van der Waals surface area contributed by atoms with Crippen molar-refractivity contribution in [1.29, 1.82) is 0 Å². The van der Waals surface area contributed by atoms with Crippen molar-refractivity contribution < 1.29 is 0 Å². The molecule has 0 saturated carbocycles. The Balaban J connectivity index is 0.00000162. The van der Waals surface area contributed by atoms with E-state index in [9.17, 15) is 0 Å². The third-order valence-corrected chi connectivity index (χ3v) is 3.61. The van der Waals surface area contributed by atoms with Crippen LogP contribution in [0, 0.1) is 5.92 Å². The van der Waals surface area contributed by atoms with E-state index in [-0.39, 0.29) is 24.8 Å². The average molecular weight is 305 g/mol. The van der Waals surface area contributed by atoms with Crippen LogP contribution in [0.15, 0.2) is 30.3 Å². The largest absolute Gasteiger partial charge is 0.316 e. The van der Waals surface area contributed by atoms with Gasteiger partial charge >= 0.3 is 0 Å². The van der Waals surface area contributed by atoms with Gasteiger partial charge in [-0.3, -0.25) is 0 Å². The van der Waals surface area contributed by atoms with Crippen molar-refractivity contribution in [1.82, 2.24) is 10.2 Å². The van der Waals surface area contributed by atoms with Gasteiger partial charge in [-0.15, -0.1) is 24.8 Å². The van der Waals surface area contributed by atoms with Crippen molar-refractivity contribution in [2.24, 2.45) is 5.92 Å². The fraction of sp³-hybridized carbons (Fsp3) is 0.600. The van der Waals surface area contributed by atoms with E-state index in [1.807, 2.05) is 0 Å². The van der Waals surface area contributed by atoms with Gasteiger partial charge in [-0.2, -0.15) is 0 Å². The van der Waals surface area contributed by atoms with E-state index < -0.39 is 0 Å². The van der Waals surface area contributed by atoms with Gasteiger partial charge in [-0.05, 0) is 57.4 Å². The van der Waals surface area contributed by atoms with Gasteiger partial charge in [0.2, 0.25) is 0 Å². The van der Waals surface area contributed by atoms with Gasteiger partial charge in [0.05, 0.1) is 0 Å². The minimum absolute atomic E-state index is 0. The Kier molecular flexibility index (Phi) is 10.3. The standard InChI is InChI=1S/C15H24N2.2ClH/c1-17(13-15-6-3-2-4-7-15)11-9-14-8-5-10-16-12-14;;/h2-4,6-7,14,16H,5,8-13H2,1H3;2*1H. The molecule has 1 N–H and O–H groups in total. The molecule has 1 atom stereocenters. The third kappa shape index (κ3) is 7.17. The zero-order valence-corrected chi connectivity index (χ0v) is 13.3. The number of hydrogen-bond acceptors (Lipinski definition) is 2. The summed E-state index contributed by atoms with van der Waals surface area (Å²) in [5.74, 6) is 0.891. The fourth-order valence-corrected chi connectivity index (χ4v) is 2.55. The predicted octanol–water partition coefficient (Wildman–Crippen LogP) is 3.35. The second-order valence-corrected chi connectivity index (χ2v) is 5.22. The van der Waals surface area contributed by atoms with Crippen LogP contribution in [0.25, 0.3) is 0 Å². The fourth-order valence-electron chi connectivity index (χ4n) is 2.55. The smallest absolute Gasteiger partial charge is 0.0230 e. The quantitative estimate of drug-likeness (QED) is 0.897. The van der Waals surface area contributed by atoms with Crippen molar-refractivity contribution in [3.63, 3.8) is 0 Å². The SMILES string of the molecule is CN(CCC1CCCNC1)Cc1ccccc1.Cl.Cl. The summed E-state index contributed by atoms with van der Waals surface area (Å²) in [4.78, 5) is 2.43. The molecule has 1 aliphatic rings. The first-order chi connectivity index (χ1) is 8.34. The molecule has 1 unspecified atom stereocenters. The summed E-state index contributed by atoms with van der Waals surface area (Å²) >= 11 is 0. The summed E-state index contributed by atoms with van der Waals surface area (Å²) in [6, 6.07) is 10.7. The predicted molar refractivity (Wildman–Crippen MR) is 87.5 cm³/mol. The van der Waals surface area contributed by atoms with Crippen LogP contribution in [0.2, 0.25) is 0 Å². The second kappa shape index (κ2) is 10.5. The zero-order chi connectivity index (χ0) is 11.9. The van der Waals surface area contributed by atoms with Crippen molar-refractivity contribution in [3.05, 3.63) is 35.9 Å². The van der Waals surface area contributed by atoms with E-state index in [0.717, 1.165) is 12.5 Å². The lowest BCUT2D eigenvalue weighted by molar-refractivity contribution is 0.268. The number of benzene rings is 1. The maximum Gasteiger partial charge on any atom is 0.0230 e. The van der Waals surface area contributed by atoms with Gasteiger partial charge in [0.1, 0.15) is 0 Å². The molecular formula is C15H26Cl2N2. The lowest BCUT2D eigenvalue weighted by Gasteiger charge is -2.25. The molecule has 4 heteroatoms. The highest BCUT2D eigenvalue weighted by Crippen LogP contribution is 2.14. The summed E-state index contributed by atoms with van der Waals surface area (Å²) < 4.78 is 0. The molecular weight excluding hydrogens is 279 g/mol. The molecule has 0 bridgehead atoms. The van der Waals surface area contributed by atoms with Gasteiger partial charge in [0.15, 0.2) is 0 Å². The molecule has 0 aromatic heterocycles. The van der Waals surface area contributed by atoms with Crippen molar-refractivity contribution in [2.45, 2.75) is 25.8 Å². The van der Waals surface area contributed by atoms with Crippen molar-refractivity contribution >= 4 is 24.8 Å². The zero-order valence-electron chi connectivity index (χ0n) is 11.7. The molecule has 1 heterocycles. The average Bonchev–Trinajstić information content (AvgIpc) is 2.39. The molecule has 0 spiro atoms. The summed E-state index contributed by atoms with van der Waals surface area (Å²) in [5.41, 5.74) is 1.41. The highest BCUT2D eigenvalue weighted by atomic mass is 35.5. The van der Waals surface area contributed by atoms with E-state index >= 15 is 0 Å². The maximum absolute atomic E-state index is 3.49. The van der Waals surface area contributed by atoms with Crippen LogP contribution in [0.3, 0.4) is 0 Å². The van der Waals surface area contributed by atoms with Gasteiger partial charge in [0.25, 0.3) is 0 Å². The molecule has 0 radical (unpaired) electrons. The third-order valence-electron chi connectivity index (χ3n) is 3.61. The monoisotopic (exact) mass is 304 g/mol. The molecule has 19 heavy (non-hydrogen) atoms. The summed E-state index contributed by atoms with van der Waals surface area (Å²) in [6.45, 7) is 4.72. The molecule has 1 fully saturated rings. The van der Waals surface area contributed by atoms with Crippen LogP contribution >= 0.6 is 24.8 Å². The maximum atomic E-state index is 3.49. The van der Waals surface area contributed by atoms with Crippen LogP contribution < -0.4 is 5.32 Å². The first-order valence-electron chi connectivity index (χ1n) is 6.78. The van der Waals surface area contributed by atoms with Gasteiger partial charge in [-0.1, -0.05) is 30.3 Å². The molecule has 0 amide bonds. The minimum atomic E-state index is 0. The first kappa shape index (κ1) is 18.7. The second-order valence-electron chi connectivity index (χ2n) is 5.22. The van der Waals surface area contributed by atoms with E-state index in [1.54, 1.807) is 0 Å². The summed E-state index contributed by atoms with van der Waals surface area (Å²) in [6.07, 6.45) is 4.09. The Labute approximate surface area is 129 Å². The van der Waals surface area contributed by atoms with Crippen molar-refractivity contribution in [3.8, 4) is 0 Å². The van der Waals surface area contributed by atoms with Crippen LogP contribution in [-0.4, -0.2) is 31.6 Å². The number of rotatable bonds is 5. The van der Waals surface area contributed by atoms with Gasteiger partial charge < -0.3 is 10.2 Å². The Morgan fingerprint density at radius 1 is 1.21 bits per heavy atom. The van der Waals surface area contributed by atoms with E-state index in [2.05, 4.69) is 47.6 Å². The molecule has 2 rings (SSSR count). The number of hydrogen-bond donors (Lipinski definition) is 1. The van der Waals surface area contributed by atoms with E-state index in [4.69, 9.17) is 0 Å². The van der Waals surface area contributed by atoms with Crippen molar-refractivity contribution in [2.75, 3.05) is 26.7 Å². The molecule has 0 aliphatic carbocycles. The van der Waals surface area contributed by atoms with E-state index in [1.165, 1.54) is 44.5 Å². The topological polar surface area (TPSA) is 15.3 Å². The first-order valence-corrected chi connectivity index (χ1v) is 6.78. The molecule has 1 saturated heterocycles. The minimum Gasteiger partial charge on any atom is -0.316 e. The normalized spacial score (nSPS) is 18.5. The van der Waals surface area contributed by atoms with Crippen LogP contribution in [0.5, 0.6) is 0 Å². The van der Waals surface area contributed by atoms with Crippen LogP contribution in [0.4, 0.5) is 0 Å². The highest BCUT2D eigenvalue weighted by Gasteiger charge is 2.13. The number of halogens is 2. The number of piperidine rings is 1. The lowest BCUT2D eigenvalue weighted by Crippen LogP contribution is -2.32. The van der Waals surface area contributed by atoms with E-state index in [0.29, 0.717) is 0 Å². The Bertz CT molecular complexity index is 313. The molecule has 1 aromatic carbocycles. The van der Waals surface area contributed by atoms with Gasteiger partial charge in [-0.25, -0.2) is 0 Å².